The van der Waals surface area contributed by atoms with Crippen LogP contribution in [0, 0.1) is 13.8 Å². The highest BCUT2D eigenvalue weighted by atomic mass is 16.6. The third-order valence-electron chi connectivity index (χ3n) is 4.48. The van der Waals surface area contributed by atoms with E-state index < -0.39 is 0 Å². The smallest absolute Gasteiger partial charge is 0.125 e. The summed E-state index contributed by atoms with van der Waals surface area (Å²) in [6.07, 6.45) is 5.66. The van der Waals surface area contributed by atoms with Crippen LogP contribution in [0.1, 0.15) is 42.5 Å². The highest BCUT2D eigenvalue weighted by Gasteiger charge is 2.08. The first-order valence-electron chi connectivity index (χ1n) is 9.76. The van der Waals surface area contributed by atoms with Crippen LogP contribution in [0.15, 0.2) is 53.7 Å². The Morgan fingerprint density at radius 3 is 2.29 bits per heavy atom. The molecule has 2 aromatic carbocycles. The van der Waals surface area contributed by atoms with E-state index in [1.807, 2.05) is 31.2 Å². The van der Waals surface area contributed by atoms with E-state index in [0.29, 0.717) is 13.2 Å². The molecule has 0 heterocycles. The summed E-state index contributed by atoms with van der Waals surface area (Å²) in [5, 5.41) is 4.07. The summed E-state index contributed by atoms with van der Waals surface area (Å²) in [7, 11) is 1.58. The summed E-state index contributed by atoms with van der Waals surface area (Å²) in [5.41, 5.74) is 5.46. The maximum absolute atomic E-state index is 6.08. The van der Waals surface area contributed by atoms with Gasteiger partial charge in [0.05, 0.1) is 12.3 Å². The maximum atomic E-state index is 6.08. The first kappa shape index (κ1) is 21.5. The Bertz CT molecular complexity index is 784. The van der Waals surface area contributed by atoms with Gasteiger partial charge in [0.1, 0.15) is 25.2 Å². The minimum absolute atomic E-state index is 0.584. The third kappa shape index (κ3) is 6.15. The van der Waals surface area contributed by atoms with Gasteiger partial charge >= 0.3 is 0 Å². The average Bonchev–Trinajstić information content (AvgIpc) is 2.69. The molecule has 0 aliphatic heterocycles. The molecule has 0 aliphatic carbocycles. The standard InChI is InChI=1S/C24H31NO3/c1-6-8-14-27-22-16-18(3)24(19(4)17-22)28-15-13-20-9-11-21(12-10-20)23(7-2)25-26-5/h6,8-12,16-17H,7,13-15H2,1-5H3/b8-6+,25-23?. The highest BCUT2D eigenvalue weighted by molar-refractivity contribution is 6.00. The number of nitrogens with zero attached hydrogens (tertiary/aromatic N) is 1. The summed E-state index contributed by atoms with van der Waals surface area (Å²) in [6, 6.07) is 12.5. The Hall–Kier alpha value is -2.75. The first-order valence-corrected chi connectivity index (χ1v) is 9.76. The lowest BCUT2D eigenvalue weighted by Gasteiger charge is -2.14. The Morgan fingerprint density at radius 1 is 1.04 bits per heavy atom. The molecular weight excluding hydrogens is 350 g/mol. The van der Waals surface area contributed by atoms with Crippen molar-refractivity contribution in [1.29, 1.82) is 0 Å². The van der Waals surface area contributed by atoms with Crippen LogP contribution in [0.3, 0.4) is 0 Å². The molecular formula is C24H31NO3. The SMILES string of the molecule is C/C=C/COc1cc(C)c(OCCc2ccc(C(CC)=NOC)cc2)c(C)c1. The lowest BCUT2D eigenvalue weighted by Crippen LogP contribution is -2.05. The fourth-order valence-corrected chi connectivity index (χ4v) is 3.03. The molecule has 28 heavy (non-hydrogen) atoms. The van der Waals surface area contributed by atoms with Gasteiger partial charge in [-0.3, -0.25) is 0 Å². The molecule has 0 radical (unpaired) electrons. The highest BCUT2D eigenvalue weighted by Crippen LogP contribution is 2.28. The van der Waals surface area contributed by atoms with Crippen molar-refractivity contribution in [2.45, 2.75) is 40.5 Å². The van der Waals surface area contributed by atoms with E-state index in [2.05, 4.69) is 50.2 Å². The van der Waals surface area contributed by atoms with Crippen molar-refractivity contribution in [3.8, 4) is 11.5 Å². The van der Waals surface area contributed by atoms with Crippen molar-refractivity contribution in [2.24, 2.45) is 5.16 Å². The van der Waals surface area contributed by atoms with Gasteiger partial charge < -0.3 is 14.3 Å². The Kier molecular flexibility index (Phi) is 8.60. The number of ether oxygens (including phenoxy) is 2. The Morgan fingerprint density at radius 2 is 1.71 bits per heavy atom. The minimum Gasteiger partial charge on any atom is -0.493 e. The van der Waals surface area contributed by atoms with Gasteiger partial charge in [0.2, 0.25) is 0 Å². The monoisotopic (exact) mass is 381 g/mol. The molecule has 150 valence electrons. The van der Waals surface area contributed by atoms with Crippen molar-refractivity contribution < 1.29 is 14.3 Å². The van der Waals surface area contributed by atoms with Crippen LogP contribution in [0.4, 0.5) is 0 Å². The molecule has 0 N–H and O–H groups in total. The average molecular weight is 382 g/mol. The fraction of sp³-hybridized carbons (Fsp3) is 0.375. The molecule has 2 aromatic rings. The number of hydrogen-bond acceptors (Lipinski definition) is 4. The molecule has 0 unspecified atom stereocenters. The Balaban J connectivity index is 1.95. The number of aryl methyl sites for hydroxylation is 2. The lowest BCUT2D eigenvalue weighted by atomic mass is 10.0. The van der Waals surface area contributed by atoms with Gasteiger partial charge in [0, 0.05) is 6.42 Å². The van der Waals surface area contributed by atoms with Crippen LogP contribution in [-0.4, -0.2) is 26.0 Å². The summed E-state index contributed by atoms with van der Waals surface area (Å²) < 4.78 is 11.8. The predicted octanol–water partition coefficient (Wildman–Crippen LogP) is 5.64. The lowest BCUT2D eigenvalue weighted by molar-refractivity contribution is 0.213. The van der Waals surface area contributed by atoms with E-state index in [1.165, 1.54) is 5.56 Å². The second-order valence-corrected chi connectivity index (χ2v) is 6.64. The third-order valence-corrected chi connectivity index (χ3v) is 4.48. The molecule has 0 aliphatic rings. The molecule has 0 fully saturated rings. The molecule has 0 saturated heterocycles. The molecule has 0 aromatic heterocycles. The van der Waals surface area contributed by atoms with Crippen LogP contribution in [-0.2, 0) is 11.3 Å². The molecule has 0 saturated carbocycles. The summed E-state index contributed by atoms with van der Waals surface area (Å²) >= 11 is 0. The molecule has 4 heteroatoms. The van der Waals surface area contributed by atoms with E-state index in [-0.39, 0.29) is 0 Å². The Labute approximate surface area is 168 Å². The summed E-state index contributed by atoms with van der Waals surface area (Å²) in [6.45, 7) is 9.39. The van der Waals surface area contributed by atoms with E-state index in [9.17, 15) is 0 Å². The van der Waals surface area contributed by atoms with Gasteiger partial charge in [0.25, 0.3) is 0 Å². The van der Waals surface area contributed by atoms with Crippen LogP contribution in [0.2, 0.25) is 0 Å². The van der Waals surface area contributed by atoms with Gasteiger partial charge in [-0.25, -0.2) is 0 Å². The van der Waals surface area contributed by atoms with E-state index in [0.717, 1.165) is 46.7 Å². The molecule has 2 rings (SSSR count). The van der Waals surface area contributed by atoms with Gasteiger partial charge in [0.15, 0.2) is 0 Å². The topological polar surface area (TPSA) is 40.0 Å². The quantitative estimate of drug-likeness (QED) is 0.304. The maximum Gasteiger partial charge on any atom is 0.125 e. The minimum atomic E-state index is 0.584. The number of benzene rings is 2. The van der Waals surface area contributed by atoms with Crippen LogP contribution < -0.4 is 9.47 Å². The molecule has 0 spiro atoms. The van der Waals surface area contributed by atoms with E-state index in [1.54, 1.807) is 7.11 Å². The van der Waals surface area contributed by atoms with Gasteiger partial charge in [-0.1, -0.05) is 48.5 Å². The zero-order valence-corrected chi connectivity index (χ0v) is 17.6. The number of hydrogen-bond donors (Lipinski definition) is 0. The van der Waals surface area contributed by atoms with Crippen LogP contribution >= 0.6 is 0 Å². The van der Waals surface area contributed by atoms with E-state index >= 15 is 0 Å². The van der Waals surface area contributed by atoms with Crippen molar-refractivity contribution >= 4 is 5.71 Å². The molecule has 0 amide bonds. The van der Waals surface area contributed by atoms with E-state index in [4.69, 9.17) is 14.3 Å². The van der Waals surface area contributed by atoms with Crippen molar-refractivity contribution in [1.82, 2.24) is 0 Å². The van der Waals surface area contributed by atoms with Crippen molar-refractivity contribution in [3.05, 3.63) is 70.8 Å². The predicted molar refractivity (Wildman–Crippen MR) is 116 cm³/mol. The van der Waals surface area contributed by atoms with Gasteiger partial charge in [-0.05, 0) is 61.6 Å². The van der Waals surface area contributed by atoms with Crippen LogP contribution in [0.25, 0.3) is 0 Å². The zero-order chi connectivity index (χ0) is 20.4. The number of oxime groups is 1. The largest absolute Gasteiger partial charge is 0.493 e. The molecule has 0 atom stereocenters. The van der Waals surface area contributed by atoms with Crippen molar-refractivity contribution in [3.63, 3.8) is 0 Å². The molecule has 0 bridgehead atoms. The van der Waals surface area contributed by atoms with Gasteiger partial charge in [-0.2, -0.15) is 0 Å². The second-order valence-electron chi connectivity index (χ2n) is 6.64. The number of allylic oxidation sites excluding steroid dienone is 1. The number of rotatable bonds is 10. The zero-order valence-electron chi connectivity index (χ0n) is 17.6. The first-order chi connectivity index (χ1) is 13.6. The van der Waals surface area contributed by atoms with Gasteiger partial charge in [-0.15, -0.1) is 0 Å². The van der Waals surface area contributed by atoms with Crippen LogP contribution in [0.5, 0.6) is 11.5 Å². The second kappa shape index (κ2) is 11.2. The van der Waals surface area contributed by atoms with Crippen molar-refractivity contribution in [2.75, 3.05) is 20.3 Å². The summed E-state index contributed by atoms with van der Waals surface area (Å²) in [4.78, 5) is 4.91. The fourth-order valence-electron chi connectivity index (χ4n) is 3.03. The molecule has 4 nitrogen and oxygen atoms in total. The normalized spacial score (nSPS) is 11.7. The summed E-state index contributed by atoms with van der Waals surface area (Å²) in [5.74, 6) is 1.82.